The third-order valence-corrected chi connectivity index (χ3v) is 26.7. The van der Waals surface area contributed by atoms with Gasteiger partial charge in [0, 0.05) is 27.7 Å². The van der Waals surface area contributed by atoms with Crippen molar-refractivity contribution in [3.05, 3.63) is 0 Å². The van der Waals surface area contributed by atoms with Gasteiger partial charge in [-0.05, 0) is 0 Å². The standard InChI is InChI=1S/C80H134N4O61/c1-17(96)81-33-44(107)59(136-76-54(117)64(39(102)23(7-87)127-76)141-71-34(82-18(2)97)45(108)61(29(13-93)132-71)138-78-56(119)66(41(104)25(9-89)129-78)144-74-52(115)48(111)37(100)21(5-85)125-74)28(12-92)131-70(33)123-16-32-43(106)68(58(121)80(135-32)140-63-27(11-91)124-69(122)51(114)50(63)113)143-73-36(84-20(4)99)47(110)60(31(15-95)134-73)137-77-55(118)65(40(103)24(8-88)128-77)142-72-35(83-19(3)98)46(109)62(30(14-94)133-72)139-79-57(120)67(42(105)26(10-90)130-79)145-75-53(116)49(112)38(101)22(6-86)126-75/h21-80,85-95,100-122H,5-16H2,1-4H3,(H,81,96)(H,82,97)(H,83,98)(H,84,99)/t21-,22-,23-,24-,25-,26-,27-,28-,29-,30-,31-,32-,33-,34-,35-,36-,37+,38+,39+,40+,41+,42+,43+,44-,45-,46-,47-,48+,49+,50-,51-,52-,53-,54-,55-,56-,57-,58-,59-,60-,61-,62-,63-,64+,65+,66+,67+,68+,69?,70-,71+,72+,73+,74-,75-,76+,77+,78+,79+,80+/m1/s1. The van der Waals surface area contributed by atoms with Gasteiger partial charge in [-0.3, -0.25) is 19.2 Å². The van der Waals surface area contributed by atoms with Gasteiger partial charge in [0.2, 0.25) is 23.6 Å². The van der Waals surface area contributed by atoms with Crippen LogP contribution in [0.25, 0.3) is 0 Å². The first kappa shape index (κ1) is 119. The maximum Gasteiger partial charge on any atom is 0.217 e. The van der Waals surface area contributed by atoms with Crippen molar-refractivity contribution < 1.29 is 302 Å². The highest BCUT2D eigenvalue weighted by atomic mass is 16.8. The highest BCUT2D eigenvalue weighted by Gasteiger charge is 2.64. The Kier molecular flexibility index (Phi) is 42.9. The Hall–Kier alpha value is -4.40. The third kappa shape index (κ3) is 26.0. The van der Waals surface area contributed by atoms with Gasteiger partial charge in [-0.25, -0.2) is 0 Å². The van der Waals surface area contributed by atoms with Crippen LogP contribution in [0.1, 0.15) is 27.7 Å². The van der Waals surface area contributed by atoms with Gasteiger partial charge in [0.15, 0.2) is 75.5 Å². The summed E-state index contributed by atoms with van der Waals surface area (Å²) in [6, 6.07) is -7.99. The van der Waals surface area contributed by atoms with Crippen molar-refractivity contribution in [1.29, 1.82) is 0 Å². The van der Waals surface area contributed by atoms with Crippen LogP contribution in [0.15, 0.2) is 0 Å². The summed E-state index contributed by atoms with van der Waals surface area (Å²) in [6.45, 7) is -9.89. The predicted octanol–water partition coefficient (Wildman–Crippen LogP) is -26.6. The van der Waals surface area contributed by atoms with Crippen molar-refractivity contribution in [1.82, 2.24) is 21.3 Å². The van der Waals surface area contributed by atoms with Crippen LogP contribution in [0.2, 0.25) is 0 Å². The molecule has 65 nitrogen and oxygen atoms in total. The quantitative estimate of drug-likeness (QED) is 0.0273. The highest BCUT2D eigenvalue weighted by molar-refractivity contribution is 5.74. The number of carbonyl (C=O) groups excluding carboxylic acids is 4. The van der Waals surface area contributed by atoms with Crippen LogP contribution in [0.4, 0.5) is 0 Å². The number of hydrogen-bond acceptors (Lipinski definition) is 61. The van der Waals surface area contributed by atoms with E-state index in [-0.39, 0.29) is 0 Å². The zero-order valence-corrected chi connectivity index (χ0v) is 77.4. The van der Waals surface area contributed by atoms with E-state index in [9.17, 15) is 193 Å². The molecule has 0 aromatic carbocycles. The molecule has 12 fully saturated rings. The fraction of sp³-hybridized carbons (Fsp3) is 0.950. The fourth-order valence-electron chi connectivity index (χ4n) is 18.9. The maximum absolute atomic E-state index is 13.3. The molecule has 38 N–H and O–H groups in total. The third-order valence-electron chi connectivity index (χ3n) is 26.7. The molecule has 0 spiro atoms. The molecule has 65 heteroatoms. The summed E-state index contributed by atoms with van der Waals surface area (Å²) in [7, 11) is 0. The highest BCUT2D eigenvalue weighted by Crippen LogP contribution is 2.43. The van der Waals surface area contributed by atoms with Gasteiger partial charge < -0.3 is 304 Å². The number of nitrogens with one attached hydrogen (secondary N) is 4. The summed E-state index contributed by atoms with van der Waals surface area (Å²) in [6.07, 6.45) is -118. The van der Waals surface area contributed by atoms with Gasteiger partial charge in [0.25, 0.3) is 0 Å². The Morgan fingerprint density at radius 3 is 0.600 bits per heavy atom. The molecule has 12 saturated heterocycles. The summed E-state index contributed by atoms with van der Waals surface area (Å²) in [5.74, 6) is -3.97. The van der Waals surface area contributed by atoms with Crippen molar-refractivity contribution >= 4 is 23.6 Å². The van der Waals surface area contributed by atoms with E-state index < -0.39 is 471 Å². The molecule has 840 valence electrons. The molecule has 12 aliphatic rings. The topological polar surface area (TPSA) is 1020 Å². The first-order valence-corrected chi connectivity index (χ1v) is 46.2. The second-order valence-electron chi connectivity index (χ2n) is 36.6. The molecular weight excluding hydrogens is 1990 g/mol. The molecule has 0 bridgehead atoms. The van der Waals surface area contributed by atoms with Gasteiger partial charge in [0.05, 0.1) is 79.3 Å². The molecule has 1 unspecified atom stereocenters. The summed E-state index contributed by atoms with van der Waals surface area (Å²) in [5.41, 5.74) is 0. The van der Waals surface area contributed by atoms with Crippen LogP contribution < -0.4 is 21.3 Å². The second kappa shape index (κ2) is 52.2. The average Bonchev–Trinajstić information content (AvgIpc) is 0.762. The molecule has 0 aliphatic carbocycles. The van der Waals surface area contributed by atoms with E-state index in [1.165, 1.54) is 0 Å². The van der Waals surface area contributed by atoms with Crippen LogP contribution >= 0.6 is 0 Å². The zero-order valence-electron chi connectivity index (χ0n) is 77.4. The normalized spacial score (nSPS) is 50.1. The molecule has 0 radical (unpaired) electrons. The van der Waals surface area contributed by atoms with E-state index >= 15 is 0 Å². The van der Waals surface area contributed by atoms with Crippen LogP contribution in [0.3, 0.4) is 0 Å². The molecule has 0 aromatic rings. The molecule has 12 heterocycles. The van der Waals surface area contributed by atoms with Gasteiger partial charge in [-0.2, -0.15) is 0 Å². The lowest BCUT2D eigenvalue weighted by atomic mass is 9.93. The first-order chi connectivity index (χ1) is 68.7. The van der Waals surface area contributed by atoms with Crippen molar-refractivity contribution in [2.75, 3.05) is 79.3 Å². The van der Waals surface area contributed by atoms with Gasteiger partial charge >= 0.3 is 0 Å². The summed E-state index contributed by atoms with van der Waals surface area (Å²) >= 11 is 0. The number of hydrogen-bond donors (Lipinski definition) is 38. The van der Waals surface area contributed by atoms with Crippen molar-refractivity contribution in [2.45, 2.75) is 396 Å². The van der Waals surface area contributed by atoms with E-state index in [0.29, 0.717) is 0 Å². The van der Waals surface area contributed by atoms with Crippen molar-refractivity contribution in [2.24, 2.45) is 0 Å². The largest absolute Gasteiger partial charge is 0.394 e. The van der Waals surface area contributed by atoms with E-state index in [1.54, 1.807) is 0 Å². The number of carbonyl (C=O) groups is 4. The number of ether oxygens (including phenoxy) is 23. The summed E-state index contributed by atoms with van der Waals surface area (Å²) < 4.78 is 135. The molecule has 4 amide bonds. The predicted molar refractivity (Wildman–Crippen MR) is 441 cm³/mol. The smallest absolute Gasteiger partial charge is 0.217 e. The van der Waals surface area contributed by atoms with Gasteiger partial charge in [-0.1, -0.05) is 0 Å². The molecule has 12 rings (SSSR count). The zero-order chi connectivity index (χ0) is 107. The van der Waals surface area contributed by atoms with E-state index in [0.717, 1.165) is 27.7 Å². The van der Waals surface area contributed by atoms with Crippen LogP contribution in [-0.2, 0) is 128 Å². The van der Waals surface area contributed by atoms with Gasteiger partial charge in [0.1, 0.15) is 293 Å². The monoisotopic (exact) mass is 2130 g/mol. The fourth-order valence-corrected chi connectivity index (χ4v) is 18.9. The molecular formula is C80H134N4O61. The van der Waals surface area contributed by atoms with Crippen molar-refractivity contribution in [3.63, 3.8) is 0 Å². The second-order valence-corrected chi connectivity index (χ2v) is 36.6. The Morgan fingerprint density at radius 1 is 0.179 bits per heavy atom. The van der Waals surface area contributed by atoms with Gasteiger partial charge in [-0.15, -0.1) is 0 Å². The Bertz CT molecular complexity index is 4000. The minimum absolute atomic E-state index is 0.879. The lowest BCUT2D eigenvalue weighted by Gasteiger charge is -2.51. The van der Waals surface area contributed by atoms with E-state index in [1.807, 2.05) is 0 Å². The Labute approximate surface area is 819 Å². The van der Waals surface area contributed by atoms with Crippen molar-refractivity contribution in [3.8, 4) is 0 Å². The molecule has 145 heavy (non-hydrogen) atoms. The summed E-state index contributed by atoms with van der Waals surface area (Å²) in [4.78, 5) is 52.4. The first-order valence-electron chi connectivity index (χ1n) is 46.2. The lowest BCUT2D eigenvalue weighted by Crippen LogP contribution is -2.71. The average molecular weight is 2130 g/mol. The van der Waals surface area contributed by atoms with Crippen LogP contribution in [0, 0.1) is 0 Å². The molecule has 60 atom stereocenters. The Morgan fingerprint density at radius 2 is 0.359 bits per heavy atom. The minimum Gasteiger partial charge on any atom is -0.394 e. The Balaban J connectivity index is 0.746. The van der Waals surface area contributed by atoms with Crippen LogP contribution in [-0.4, -0.2) is 645 Å². The van der Waals surface area contributed by atoms with E-state index in [2.05, 4.69) is 21.3 Å². The SMILES string of the molecule is CC(=O)N[C@H]1[C@H](OC[C@H]2O[C@@H](O[C@H]3[C@H](O)[C@@H](O)C(O)O[C@@H]3CO)[C@H](O)[C@@H](O[C@@H]3O[C@H](CO)[C@@H](O[C@@H]4O[C@H](CO)[C@H](O)[C@H](O[C@@H]5O[C@H](CO)[C@@H](O[C@@H]6O[C@H](CO)[C@H](O)[C@H](O[C@H]7O[C@H](CO)[C@H](O)[C@H](O)[C@H]7O)[C@H]6O)[C@H](O)[C@H]5NC(C)=O)[C@H]4O)[C@H](O)[C@H]3NC(C)=O)[C@H]2O)O[C@H](CO)[C@@H](O[C@@H]2O[C@H](CO)[C@H](O)[C@H](O[C@@H]3O[C@H](CO)[C@@H](O[C@@H]4O[C@H](CO)[C@H](O)[C@H](O[C@H]5O[C@H](CO)[C@H](O)[C@H](O)[C@H]5O)[C@H]4O)[C@H](O)[C@H]3NC(C)=O)[C@H]2O)[C@@H]1O. The lowest BCUT2D eigenvalue weighted by molar-refractivity contribution is -0.391. The van der Waals surface area contributed by atoms with Crippen LogP contribution in [0.5, 0.6) is 0 Å². The number of aliphatic hydroxyl groups is 34. The van der Waals surface area contributed by atoms with E-state index in [4.69, 9.17) is 109 Å². The number of aliphatic hydroxyl groups excluding tert-OH is 34. The summed E-state index contributed by atoms with van der Waals surface area (Å²) in [5, 5.41) is 388. The number of amides is 4. The number of rotatable bonds is 38. The minimum atomic E-state index is -2.50. The molecule has 0 aromatic heterocycles. The molecule has 0 saturated carbocycles. The molecule has 12 aliphatic heterocycles. The maximum atomic E-state index is 13.3.